The van der Waals surface area contributed by atoms with Gasteiger partial charge >= 0.3 is 6.61 Å². The Morgan fingerprint density at radius 1 is 1.16 bits per heavy atom. The van der Waals surface area contributed by atoms with Gasteiger partial charge in [-0.05, 0) is 18.6 Å². The fourth-order valence-corrected chi connectivity index (χ4v) is 2.81. The molecule has 1 aliphatic rings. The van der Waals surface area contributed by atoms with Gasteiger partial charge in [0.15, 0.2) is 0 Å². The molecule has 1 unspecified atom stereocenters. The van der Waals surface area contributed by atoms with Crippen molar-refractivity contribution < 1.29 is 23.1 Å². The van der Waals surface area contributed by atoms with E-state index in [0.717, 1.165) is 6.42 Å². The molecule has 1 heterocycles. The van der Waals surface area contributed by atoms with Crippen molar-refractivity contribution in [3.05, 3.63) is 29.8 Å². The minimum absolute atomic E-state index is 0.0882. The molecule has 6 nitrogen and oxygen atoms in total. The van der Waals surface area contributed by atoms with E-state index in [2.05, 4.69) is 4.74 Å². The summed E-state index contributed by atoms with van der Waals surface area (Å²) in [5.74, 6) is -0.650. The first-order chi connectivity index (χ1) is 11.9. The fraction of sp³-hybridized carbons (Fsp3) is 0.529. The third-order valence-corrected chi connectivity index (χ3v) is 4.13. The Morgan fingerprint density at radius 3 is 2.36 bits per heavy atom. The maximum absolute atomic E-state index is 12.6. The molecule has 1 aromatic carbocycles. The number of hydrogen-bond acceptors (Lipinski definition) is 4. The van der Waals surface area contributed by atoms with Crippen LogP contribution < -0.4 is 10.5 Å². The van der Waals surface area contributed by atoms with Gasteiger partial charge in [-0.15, -0.1) is 0 Å². The van der Waals surface area contributed by atoms with Crippen LogP contribution in [-0.2, 0) is 4.79 Å². The molecule has 0 aromatic heterocycles. The number of rotatable bonds is 6. The van der Waals surface area contributed by atoms with Gasteiger partial charge in [0.05, 0.1) is 11.6 Å². The summed E-state index contributed by atoms with van der Waals surface area (Å²) in [6, 6.07) is 5.39. The number of amides is 2. The summed E-state index contributed by atoms with van der Waals surface area (Å²) >= 11 is 0. The number of benzene rings is 1. The van der Waals surface area contributed by atoms with Gasteiger partial charge in [0.25, 0.3) is 5.91 Å². The molecule has 1 saturated heterocycles. The minimum atomic E-state index is -3.00. The molecule has 8 heteroatoms. The zero-order chi connectivity index (χ0) is 18.4. The van der Waals surface area contributed by atoms with Crippen molar-refractivity contribution in [1.82, 2.24) is 9.80 Å². The van der Waals surface area contributed by atoms with Crippen LogP contribution in [-0.4, -0.2) is 60.4 Å². The number of carbonyl (C=O) groups excluding carboxylic acids is 2. The summed E-state index contributed by atoms with van der Waals surface area (Å²) in [5.41, 5.74) is 5.94. The quantitative estimate of drug-likeness (QED) is 0.843. The molecule has 0 bridgehead atoms. The number of nitrogens with zero attached hydrogens (tertiary/aromatic N) is 2. The Balaban J connectivity index is 1.99. The van der Waals surface area contributed by atoms with Crippen molar-refractivity contribution in [3.8, 4) is 5.75 Å². The zero-order valence-corrected chi connectivity index (χ0v) is 14.2. The molecule has 2 rings (SSSR count). The molecular formula is C17H23F2N3O3. The molecule has 2 amide bonds. The molecule has 1 aromatic rings. The Hall–Kier alpha value is -2.22. The second kappa shape index (κ2) is 8.75. The molecule has 25 heavy (non-hydrogen) atoms. The first kappa shape index (κ1) is 19.1. The topological polar surface area (TPSA) is 75.9 Å². The van der Waals surface area contributed by atoms with Crippen molar-refractivity contribution in [1.29, 1.82) is 0 Å². The van der Waals surface area contributed by atoms with E-state index in [1.807, 2.05) is 6.92 Å². The van der Waals surface area contributed by atoms with Crippen LogP contribution in [0.15, 0.2) is 24.3 Å². The molecule has 1 aliphatic heterocycles. The molecule has 0 aliphatic carbocycles. The van der Waals surface area contributed by atoms with Gasteiger partial charge in [-0.25, -0.2) is 0 Å². The lowest BCUT2D eigenvalue weighted by atomic mass is 10.1. The number of para-hydroxylation sites is 1. The largest absolute Gasteiger partial charge is 0.434 e. The third-order valence-electron chi connectivity index (χ3n) is 4.13. The number of halogens is 2. The van der Waals surface area contributed by atoms with E-state index >= 15 is 0 Å². The van der Waals surface area contributed by atoms with E-state index in [0.29, 0.717) is 32.6 Å². The highest BCUT2D eigenvalue weighted by atomic mass is 19.3. The highest BCUT2D eigenvalue weighted by molar-refractivity contribution is 5.97. The Bertz CT molecular complexity index is 605. The molecule has 138 valence electrons. The van der Waals surface area contributed by atoms with E-state index in [1.54, 1.807) is 11.0 Å². The van der Waals surface area contributed by atoms with Crippen LogP contribution in [0.3, 0.4) is 0 Å². The van der Waals surface area contributed by atoms with Crippen LogP contribution in [0, 0.1) is 0 Å². The smallest absolute Gasteiger partial charge is 0.387 e. The van der Waals surface area contributed by atoms with Gasteiger partial charge in [-0.3, -0.25) is 9.59 Å². The summed E-state index contributed by atoms with van der Waals surface area (Å²) in [7, 11) is 0. The van der Waals surface area contributed by atoms with Gasteiger partial charge in [0, 0.05) is 26.2 Å². The van der Waals surface area contributed by atoms with Crippen molar-refractivity contribution in [2.24, 2.45) is 5.73 Å². The van der Waals surface area contributed by atoms with Crippen LogP contribution in [0.1, 0.15) is 30.1 Å². The van der Waals surface area contributed by atoms with E-state index in [1.165, 1.54) is 23.1 Å². The molecule has 1 fully saturated rings. The SMILES string of the molecule is CCCC(N)C(=O)N1CCN(C(=O)c2ccccc2OC(F)F)CC1. The van der Waals surface area contributed by atoms with Gasteiger partial charge < -0.3 is 20.3 Å². The zero-order valence-electron chi connectivity index (χ0n) is 14.2. The molecule has 1 atom stereocenters. The van der Waals surface area contributed by atoms with Crippen molar-refractivity contribution >= 4 is 11.8 Å². The summed E-state index contributed by atoms with van der Waals surface area (Å²) in [6.07, 6.45) is 1.45. The Labute approximate surface area is 145 Å². The highest BCUT2D eigenvalue weighted by Crippen LogP contribution is 2.22. The van der Waals surface area contributed by atoms with Crippen LogP contribution in [0.25, 0.3) is 0 Å². The van der Waals surface area contributed by atoms with Crippen molar-refractivity contribution in [2.45, 2.75) is 32.4 Å². The van der Waals surface area contributed by atoms with Gasteiger partial charge in [0.2, 0.25) is 5.91 Å². The predicted octanol–water partition coefficient (Wildman–Crippen LogP) is 1.70. The number of hydrogen-bond donors (Lipinski definition) is 1. The molecule has 0 spiro atoms. The van der Waals surface area contributed by atoms with E-state index in [9.17, 15) is 18.4 Å². The summed E-state index contributed by atoms with van der Waals surface area (Å²) in [6.45, 7) is 0.366. The first-order valence-electron chi connectivity index (χ1n) is 8.31. The lowest BCUT2D eigenvalue weighted by Gasteiger charge is -2.36. The molecule has 0 radical (unpaired) electrons. The standard InChI is InChI=1S/C17H23F2N3O3/c1-2-5-13(20)16(24)22-10-8-21(9-11-22)15(23)12-6-3-4-7-14(12)25-17(18)19/h3-4,6-7,13,17H,2,5,8-11,20H2,1H3. The first-order valence-corrected chi connectivity index (χ1v) is 8.31. The Morgan fingerprint density at radius 2 is 1.76 bits per heavy atom. The average Bonchev–Trinajstić information content (AvgIpc) is 2.61. The summed E-state index contributed by atoms with van der Waals surface area (Å²) in [5, 5.41) is 0. The number of nitrogens with two attached hydrogens (primary N) is 1. The minimum Gasteiger partial charge on any atom is -0.434 e. The van der Waals surface area contributed by atoms with E-state index in [-0.39, 0.29) is 23.1 Å². The summed E-state index contributed by atoms with van der Waals surface area (Å²) < 4.78 is 29.4. The van der Waals surface area contributed by atoms with Crippen molar-refractivity contribution in [2.75, 3.05) is 26.2 Å². The van der Waals surface area contributed by atoms with E-state index < -0.39 is 12.7 Å². The number of carbonyl (C=O) groups is 2. The number of piperazine rings is 1. The van der Waals surface area contributed by atoms with Gasteiger partial charge in [-0.2, -0.15) is 8.78 Å². The monoisotopic (exact) mass is 355 g/mol. The number of ether oxygens (including phenoxy) is 1. The van der Waals surface area contributed by atoms with Gasteiger partial charge in [-0.1, -0.05) is 25.5 Å². The molecular weight excluding hydrogens is 332 g/mol. The normalized spacial score (nSPS) is 16.0. The maximum Gasteiger partial charge on any atom is 0.387 e. The second-order valence-corrected chi connectivity index (χ2v) is 5.89. The highest BCUT2D eigenvalue weighted by Gasteiger charge is 2.28. The summed E-state index contributed by atoms with van der Waals surface area (Å²) in [4.78, 5) is 28.0. The Kier molecular flexibility index (Phi) is 6.69. The van der Waals surface area contributed by atoms with Crippen LogP contribution in [0.2, 0.25) is 0 Å². The van der Waals surface area contributed by atoms with Crippen molar-refractivity contribution in [3.63, 3.8) is 0 Å². The predicted molar refractivity (Wildman–Crippen MR) is 88.4 cm³/mol. The maximum atomic E-state index is 12.6. The molecule has 0 saturated carbocycles. The van der Waals surface area contributed by atoms with Crippen LogP contribution in [0.5, 0.6) is 5.75 Å². The van der Waals surface area contributed by atoms with Gasteiger partial charge in [0.1, 0.15) is 5.75 Å². The average molecular weight is 355 g/mol. The second-order valence-electron chi connectivity index (χ2n) is 5.89. The lowest BCUT2D eigenvalue weighted by Crippen LogP contribution is -2.54. The van der Waals surface area contributed by atoms with Crippen LogP contribution >= 0.6 is 0 Å². The van der Waals surface area contributed by atoms with Crippen LogP contribution in [0.4, 0.5) is 8.78 Å². The third kappa shape index (κ3) is 4.88. The molecule has 2 N–H and O–H groups in total. The number of alkyl halides is 2. The fourth-order valence-electron chi connectivity index (χ4n) is 2.81. The van der Waals surface area contributed by atoms with E-state index in [4.69, 9.17) is 5.73 Å². The lowest BCUT2D eigenvalue weighted by molar-refractivity contribution is -0.134.